The fourth-order valence-electron chi connectivity index (χ4n) is 2.77. The largest absolute Gasteiger partial charge is 0.370 e. The Balaban J connectivity index is 1.82. The molecule has 1 N–H and O–H groups in total. The first-order valence-corrected chi connectivity index (χ1v) is 8.45. The van der Waals surface area contributed by atoms with Crippen molar-refractivity contribution in [2.75, 3.05) is 25.0 Å². The van der Waals surface area contributed by atoms with Crippen LogP contribution < -0.4 is 5.32 Å². The number of nitrogens with one attached hydrogen (secondary N) is 1. The summed E-state index contributed by atoms with van der Waals surface area (Å²) in [6.45, 7) is 6.25. The number of fused-ring (bicyclic) bond motifs is 1. The molecule has 0 atom stereocenters. The van der Waals surface area contributed by atoms with Gasteiger partial charge in [-0.15, -0.1) is 11.3 Å². The monoisotopic (exact) mass is 290 g/mol. The summed E-state index contributed by atoms with van der Waals surface area (Å²) in [5.41, 5.74) is 0. The number of anilines is 1. The quantitative estimate of drug-likeness (QED) is 0.935. The lowest BCUT2D eigenvalue weighted by atomic mass is 10.2. The van der Waals surface area contributed by atoms with E-state index in [9.17, 15) is 0 Å². The number of nitrogens with zero attached hydrogens (tertiary/aromatic N) is 3. The summed E-state index contributed by atoms with van der Waals surface area (Å²) in [6.07, 6.45) is 5.34. The highest BCUT2D eigenvalue weighted by Gasteiger charge is 2.13. The SMILES string of the molecule is CCNc1nc(CN2CCCCCC2)nc2sccc12. The van der Waals surface area contributed by atoms with Gasteiger partial charge in [0.1, 0.15) is 16.5 Å². The summed E-state index contributed by atoms with van der Waals surface area (Å²) < 4.78 is 0. The van der Waals surface area contributed by atoms with Gasteiger partial charge in [-0.05, 0) is 44.3 Å². The molecule has 0 radical (unpaired) electrons. The van der Waals surface area contributed by atoms with Crippen LogP contribution in [0.2, 0.25) is 0 Å². The lowest BCUT2D eigenvalue weighted by Crippen LogP contribution is -2.25. The van der Waals surface area contributed by atoms with Crippen molar-refractivity contribution in [2.24, 2.45) is 0 Å². The van der Waals surface area contributed by atoms with E-state index in [0.717, 1.165) is 34.9 Å². The molecular formula is C15H22N4S. The van der Waals surface area contributed by atoms with Crippen molar-refractivity contribution in [1.29, 1.82) is 0 Å². The van der Waals surface area contributed by atoms with Crippen LogP contribution >= 0.6 is 11.3 Å². The Morgan fingerprint density at radius 3 is 2.75 bits per heavy atom. The van der Waals surface area contributed by atoms with E-state index in [4.69, 9.17) is 9.97 Å². The van der Waals surface area contributed by atoms with E-state index in [2.05, 4.69) is 28.6 Å². The third-order valence-electron chi connectivity index (χ3n) is 3.78. The van der Waals surface area contributed by atoms with E-state index in [1.54, 1.807) is 11.3 Å². The molecule has 108 valence electrons. The van der Waals surface area contributed by atoms with Crippen LogP contribution in [0.1, 0.15) is 38.4 Å². The first-order chi connectivity index (χ1) is 9.86. The first-order valence-electron chi connectivity index (χ1n) is 7.57. The first kappa shape index (κ1) is 13.8. The van der Waals surface area contributed by atoms with E-state index in [-0.39, 0.29) is 0 Å². The van der Waals surface area contributed by atoms with Crippen LogP contribution in [-0.2, 0) is 6.54 Å². The molecule has 4 nitrogen and oxygen atoms in total. The number of rotatable bonds is 4. The summed E-state index contributed by atoms with van der Waals surface area (Å²) in [5, 5.41) is 6.61. The fraction of sp³-hybridized carbons (Fsp3) is 0.600. The van der Waals surface area contributed by atoms with Crippen molar-refractivity contribution in [3.8, 4) is 0 Å². The van der Waals surface area contributed by atoms with Crippen LogP contribution in [0.15, 0.2) is 11.4 Å². The average Bonchev–Trinajstić information content (AvgIpc) is 2.77. The van der Waals surface area contributed by atoms with Gasteiger partial charge in [0.25, 0.3) is 0 Å². The van der Waals surface area contributed by atoms with Gasteiger partial charge in [-0.3, -0.25) is 4.90 Å². The third-order valence-corrected chi connectivity index (χ3v) is 4.59. The number of hydrogen-bond acceptors (Lipinski definition) is 5. The fourth-order valence-corrected chi connectivity index (χ4v) is 3.55. The molecule has 0 amide bonds. The van der Waals surface area contributed by atoms with E-state index in [1.165, 1.54) is 38.8 Å². The molecule has 0 spiro atoms. The maximum absolute atomic E-state index is 4.73. The predicted molar refractivity (Wildman–Crippen MR) is 85.3 cm³/mol. The zero-order valence-corrected chi connectivity index (χ0v) is 12.9. The molecule has 20 heavy (non-hydrogen) atoms. The Bertz CT molecular complexity index is 558. The highest BCUT2D eigenvalue weighted by atomic mass is 32.1. The molecule has 1 fully saturated rings. The maximum Gasteiger partial charge on any atom is 0.146 e. The van der Waals surface area contributed by atoms with Gasteiger partial charge in [0.2, 0.25) is 0 Å². The van der Waals surface area contributed by atoms with Crippen LogP contribution in [-0.4, -0.2) is 34.5 Å². The molecule has 3 heterocycles. The van der Waals surface area contributed by atoms with E-state index in [0.29, 0.717) is 0 Å². The second kappa shape index (κ2) is 6.50. The Kier molecular flexibility index (Phi) is 4.47. The molecule has 5 heteroatoms. The highest BCUT2D eigenvalue weighted by molar-refractivity contribution is 7.16. The van der Waals surface area contributed by atoms with Crippen LogP contribution in [0.4, 0.5) is 5.82 Å². The molecule has 1 saturated heterocycles. The van der Waals surface area contributed by atoms with Crippen molar-refractivity contribution in [3.05, 3.63) is 17.3 Å². The molecule has 2 aromatic heterocycles. The molecule has 1 aliphatic heterocycles. The number of aromatic nitrogens is 2. The number of likely N-dealkylation sites (tertiary alicyclic amines) is 1. The zero-order valence-electron chi connectivity index (χ0n) is 12.1. The zero-order chi connectivity index (χ0) is 13.8. The summed E-state index contributed by atoms with van der Waals surface area (Å²) in [5.74, 6) is 1.95. The molecule has 0 saturated carbocycles. The van der Waals surface area contributed by atoms with E-state index in [1.807, 2.05) is 0 Å². The minimum atomic E-state index is 0.881. The van der Waals surface area contributed by atoms with Gasteiger partial charge >= 0.3 is 0 Å². The minimum Gasteiger partial charge on any atom is -0.370 e. The van der Waals surface area contributed by atoms with Crippen LogP contribution in [0.3, 0.4) is 0 Å². The third kappa shape index (κ3) is 3.10. The van der Waals surface area contributed by atoms with Gasteiger partial charge in [0, 0.05) is 6.54 Å². The smallest absolute Gasteiger partial charge is 0.146 e. The lowest BCUT2D eigenvalue weighted by Gasteiger charge is -2.19. The van der Waals surface area contributed by atoms with E-state index < -0.39 is 0 Å². The Hall–Kier alpha value is -1.20. The number of thiophene rings is 1. The van der Waals surface area contributed by atoms with Crippen molar-refractivity contribution < 1.29 is 0 Å². The molecular weight excluding hydrogens is 268 g/mol. The predicted octanol–water partition coefficient (Wildman–Crippen LogP) is 3.50. The molecule has 1 aliphatic rings. The molecule has 0 bridgehead atoms. The lowest BCUT2D eigenvalue weighted by molar-refractivity contribution is 0.270. The van der Waals surface area contributed by atoms with Crippen molar-refractivity contribution >= 4 is 27.4 Å². The van der Waals surface area contributed by atoms with Crippen molar-refractivity contribution in [3.63, 3.8) is 0 Å². The van der Waals surface area contributed by atoms with E-state index >= 15 is 0 Å². The highest BCUT2D eigenvalue weighted by Crippen LogP contribution is 2.25. The molecule has 0 aliphatic carbocycles. The van der Waals surface area contributed by atoms with Gasteiger partial charge in [-0.25, -0.2) is 9.97 Å². The van der Waals surface area contributed by atoms with Crippen molar-refractivity contribution in [1.82, 2.24) is 14.9 Å². The standard InChI is InChI=1S/C15H22N4S/c1-2-16-14-12-7-10-20-15(12)18-13(17-14)11-19-8-5-3-4-6-9-19/h7,10H,2-6,8-9,11H2,1H3,(H,16,17,18). The molecule has 0 unspecified atom stereocenters. The van der Waals surface area contributed by atoms with Gasteiger partial charge in [0.15, 0.2) is 0 Å². The Labute approximate surface area is 124 Å². The minimum absolute atomic E-state index is 0.881. The van der Waals surface area contributed by atoms with Crippen LogP contribution in [0.25, 0.3) is 10.2 Å². The Morgan fingerprint density at radius 1 is 1.20 bits per heavy atom. The van der Waals surface area contributed by atoms with Gasteiger partial charge in [-0.1, -0.05) is 12.8 Å². The summed E-state index contributed by atoms with van der Waals surface area (Å²) >= 11 is 1.70. The molecule has 3 rings (SSSR count). The topological polar surface area (TPSA) is 41.1 Å². The maximum atomic E-state index is 4.73. The van der Waals surface area contributed by atoms with Crippen LogP contribution in [0, 0.1) is 0 Å². The van der Waals surface area contributed by atoms with Crippen LogP contribution in [0.5, 0.6) is 0 Å². The second-order valence-electron chi connectivity index (χ2n) is 5.35. The summed E-state index contributed by atoms with van der Waals surface area (Å²) in [7, 11) is 0. The molecule has 2 aromatic rings. The van der Waals surface area contributed by atoms with Gasteiger partial charge in [-0.2, -0.15) is 0 Å². The summed E-state index contributed by atoms with van der Waals surface area (Å²) in [6, 6.07) is 2.10. The van der Waals surface area contributed by atoms with Crippen molar-refractivity contribution in [2.45, 2.75) is 39.2 Å². The normalized spacial score (nSPS) is 17.2. The average molecular weight is 290 g/mol. The second-order valence-corrected chi connectivity index (χ2v) is 6.24. The van der Waals surface area contributed by atoms with Gasteiger partial charge < -0.3 is 5.32 Å². The number of hydrogen-bond donors (Lipinski definition) is 1. The molecule has 0 aromatic carbocycles. The van der Waals surface area contributed by atoms with Gasteiger partial charge in [0.05, 0.1) is 11.9 Å². The summed E-state index contributed by atoms with van der Waals surface area (Å²) in [4.78, 5) is 13.1. The Morgan fingerprint density at radius 2 is 2.00 bits per heavy atom.